The van der Waals surface area contributed by atoms with Crippen molar-refractivity contribution in [2.75, 3.05) is 21.3 Å². The molecule has 1 saturated heterocycles. The molecule has 0 aromatic heterocycles. The van der Waals surface area contributed by atoms with E-state index in [9.17, 15) is 16.8 Å². The molecule has 0 spiro atoms. The van der Waals surface area contributed by atoms with Gasteiger partial charge in [0, 0.05) is 6.54 Å². The number of nitrogens with zero attached hydrogens (tertiary/aromatic N) is 1. The fourth-order valence-electron chi connectivity index (χ4n) is 3.70. The molecular formula is C20H26N2O4S2. The van der Waals surface area contributed by atoms with Crippen molar-refractivity contribution >= 4 is 31.4 Å². The molecule has 28 heavy (non-hydrogen) atoms. The Labute approximate surface area is 167 Å². The molecule has 1 aliphatic heterocycles. The fraction of sp³-hybridized carbons (Fsp3) is 0.400. The number of benzene rings is 2. The molecule has 3 rings (SSSR count). The minimum absolute atomic E-state index is 0.125. The molecule has 0 radical (unpaired) electrons. The van der Waals surface area contributed by atoms with E-state index in [1.807, 2.05) is 32.9 Å². The van der Waals surface area contributed by atoms with Gasteiger partial charge < -0.3 is 0 Å². The van der Waals surface area contributed by atoms with Gasteiger partial charge in [0.2, 0.25) is 10.0 Å². The Kier molecular flexibility index (Phi) is 5.46. The van der Waals surface area contributed by atoms with Crippen LogP contribution in [0.1, 0.15) is 35.1 Å². The van der Waals surface area contributed by atoms with Crippen LogP contribution in [0.3, 0.4) is 0 Å². The molecule has 1 fully saturated rings. The summed E-state index contributed by atoms with van der Waals surface area (Å²) in [5.74, 6) is 0.125. The summed E-state index contributed by atoms with van der Waals surface area (Å²) in [4.78, 5) is 0.144. The Morgan fingerprint density at radius 1 is 0.929 bits per heavy atom. The van der Waals surface area contributed by atoms with Crippen LogP contribution in [0.15, 0.2) is 35.2 Å². The molecule has 2 aromatic rings. The van der Waals surface area contributed by atoms with Crippen molar-refractivity contribution in [3.63, 3.8) is 0 Å². The van der Waals surface area contributed by atoms with Crippen LogP contribution in [-0.4, -0.2) is 29.1 Å². The van der Waals surface area contributed by atoms with Crippen LogP contribution in [0.2, 0.25) is 0 Å². The standard InChI is InChI=1S/C20H26N2O4S2/c1-14-11-16(3)20(17(4)12-14)21-28(25,26)19-8-7-18(13-15(19)2)22-9-5-6-10-27(22,23)24/h7-8,11-13,21H,5-6,9-10H2,1-4H3. The maximum Gasteiger partial charge on any atom is 0.262 e. The molecular weight excluding hydrogens is 396 g/mol. The minimum atomic E-state index is -3.80. The van der Waals surface area contributed by atoms with E-state index in [4.69, 9.17) is 0 Å². The first-order valence-electron chi connectivity index (χ1n) is 9.23. The topological polar surface area (TPSA) is 83.6 Å². The van der Waals surface area contributed by atoms with E-state index >= 15 is 0 Å². The van der Waals surface area contributed by atoms with Gasteiger partial charge in [-0.3, -0.25) is 9.03 Å². The summed E-state index contributed by atoms with van der Waals surface area (Å²) < 4.78 is 54.7. The van der Waals surface area contributed by atoms with E-state index in [0.29, 0.717) is 29.9 Å². The number of aryl methyl sites for hydroxylation is 4. The quantitative estimate of drug-likeness (QED) is 0.815. The zero-order valence-electron chi connectivity index (χ0n) is 16.6. The molecule has 6 nitrogen and oxygen atoms in total. The highest BCUT2D eigenvalue weighted by atomic mass is 32.2. The van der Waals surface area contributed by atoms with E-state index in [1.165, 1.54) is 10.4 Å². The Morgan fingerprint density at radius 2 is 1.57 bits per heavy atom. The highest BCUT2D eigenvalue weighted by Gasteiger charge is 2.27. The van der Waals surface area contributed by atoms with Gasteiger partial charge in [0.15, 0.2) is 0 Å². The molecule has 0 atom stereocenters. The van der Waals surface area contributed by atoms with Crippen LogP contribution in [0.5, 0.6) is 0 Å². The van der Waals surface area contributed by atoms with Gasteiger partial charge in [0.25, 0.3) is 10.0 Å². The van der Waals surface area contributed by atoms with Gasteiger partial charge in [-0.2, -0.15) is 0 Å². The molecule has 0 bridgehead atoms. The van der Waals surface area contributed by atoms with Crippen LogP contribution in [0.25, 0.3) is 0 Å². The van der Waals surface area contributed by atoms with Crippen molar-refractivity contribution in [1.82, 2.24) is 0 Å². The second kappa shape index (κ2) is 7.40. The molecule has 1 aliphatic rings. The summed E-state index contributed by atoms with van der Waals surface area (Å²) >= 11 is 0. The van der Waals surface area contributed by atoms with Crippen LogP contribution in [0, 0.1) is 27.7 Å². The van der Waals surface area contributed by atoms with Gasteiger partial charge in [-0.25, -0.2) is 16.8 Å². The maximum absolute atomic E-state index is 13.0. The largest absolute Gasteiger partial charge is 0.279 e. The van der Waals surface area contributed by atoms with Crippen LogP contribution in [0.4, 0.5) is 11.4 Å². The Balaban J connectivity index is 1.96. The van der Waals surface area contributed by atoms with Crippen LogP contribution >= 0.6 is 0 Å². The second-order valence-corrected chi connectivity index (χ2v) is 11.1. The summed E-state index contributed by atoms with van der Waals surface area (Å²) in [6, 6.07) is 8.55. The van der Waals surface area contributed by atoms with Gasteiger partial charge in [-0.15, -0.1) is 0 Å². The van der Waals surface area contributed by atoms with Crippen molar-refractivity contribution in [2.24, 2.45) is 0 Å². The second-order valence-electron chi connectivity index (χ2n) is 7.42. The molecule has 1 N–H and O–H groups in total. The molecule has 2 aromatic carbocycles. The lowest BCUT2D eigenvalue weighted by molar-refractivity contribution is 0.574. The highest BCUT2D eigenvalue weighted by molar-refractivity contribution is 7.93. The predicted molar refractivity (Wildman–Crippen MR) is 113 cm³/mol. The van der Waals surface area contributed by atoms with E-state index in [0.717, 1.165) is 23.1 Å². The SMILES string of the molecule is Cc1cc(C)c(NS(=O)(=O)c2ccc(N3CCCCS3(=O)=O)cc2C)c(C)c1. The first kappa shape index (κ1) is 20.7. The first-order valence-corrected chi connectivity index (χ1v) is 12.3. The fourth-order valence-corrected chi connectivity index (χ4v) is 6.76. The highest BCUT2D eigenvalue weighted by Crippen LogP contribution is 2.30. The maximum atomic E-state index is 13.0. The summed E-state index contributed by atoms with van der Waals surface area (Å²) in [5, 5.41) is 0. The van der Waals surface area contributed by atoms with Gasteiger partial charge in [-0.1, -0.05) is 17.7 Å². The number of anilines is 2. The summed E-state index contributed by atoms with van der Waals surface area (Å²) in [7, 11) is -7.13. The van der Waals surface area contributed by atoms with Gasteiger partial charge >= 0.3 is 0 Å². The summed E-state index contributed by atoms with van der Waals surface area (Å²) in [5.41, 5.74) is 4.38. The van der Waals surface area contributed by atoms with Gasteiger partial charge in [0.05, 0.1) is 22.0 Å². The lowest BCUT2D eigenvalue weighted by Gasteiger charge is -2.28. The number of rotatable bonds is 4. The zero-order valence-corrected chi connectivity index (χ0v) is 18.2. The van der Waals surface area contributed by atoms with E-state index in [-0.39, 0.29) is 10.6 Å². The van der Waals surface area contributed by atoms with Crippen molar-refractivity contribution < 1.29 is 16.8 Å². The predicted octanol–water partition coefficient (Wildman–Crippen LogP) is 3.65. The van der Waals surface area contributed by atoms with Crippen LogP contribution in [-0.2, 0) is 20.0 Å². The molecule has 8 heteroatoms. The van der Waals surface area contributed by atoms with Gasteiger partial charge in [0.1, 0.15) is 0 Å². The van der Waals surface area contributed by atoms with E-state index in [1.54, 1.807) is 19.1 Å². The number of nitrogens with one attached hydrogen (secondary N) is 1. The lowest BCUT2D eigenvalue weighted by Crippen LogP contribution is -2.37. The molecule has 0 amide bonds. The lowest BCUT2D eigenvalue weighted by atomic mass is 10.1. The monoisotopic (exact) mass is 422 g/mol. The van der Waals surface area contributed by atoms with E-state index in [2.05, 4.69) is 4.72 Å². The zero-order chi connectivity index (χ0) is 20.7. The summed E-state index contributed by atoms with van der Waals surface area (Å²) in [6.45, 7) is 7.82. The molecule has 0 saturated carbocycles. The first-order chi connectivity index (χ1) is 13.0. The Bertz CT molecular complexity index is 1100. The number of hydrogen-bond donors (Lipinski definition) is 1. The Hall–Kier alpha value is -2.06. The summed E-state index contributed by atoms with van der Waals surface area (Å²) in [6.07, 6.45) is 1.45. The molecule has 1 heterocycles. The van der Waals surface area contributed by atoms with Crippen molar-refractivity contribution in [1.29, 1.82) is 0 Å². The van der Waals surface area contributed by atoms with E-state index < -0.39 is 20.0 Å². The third-order valence-electron chi connectivity index (χ3n) is 5.00. The van der Waals surface area contributed by atoms with Crippen molar-refractivity contribution in [2.45, 2.75) is 45.4 Å². The smallest absolute Gasteiger partial charge is 0.262 e. The third-order valence-corrected chi connectivity index (χ3v) is 8.38. The van der Waals surface area contributed by atoms with Crippen molar-refractivity contribution in [3.8, 4) is 0 Å². The Morgan fingerprint density at radius 3 is 2.14 bits per heavy atom. The molecule has 0 aliphatic carbocycles. The molecule has 152 valence electrons. The number of hydrogen-bond acceptors (Lipinski definition) is 4. The number of sulfonamides is 2. The average Bonchev–Trinajstić information content (AvgIpc) is 2.57. The normalized spacial score (nSPS) is 16.8. The molecule has 0 unspecified atom stereocenters. The average molecular weight is 423 g/mol. The van der Waals surface area contributed by atoms with Crippen LogP contribution < -0.4 is 9.03 Å². The minimum Gasteiger partial charge on any atom is -0.279 e. The third kappa shape index (κ3) is 4.03. The van der Waals surface area contributed by atoms with Gasteiger partial charge in [-0.05, 0) is 75.4 Å². The van der Waals surface area contributed by atoms with Crippen molar-refractivity contribution in [3.05, 3.63) is 52.6 Å².